The van der Waals surface area contributed by atoms with Gasteiger partial charge in [-0.3, -0.25) is 14.6 Å². The smallest absolute Gasteiger partial charge is 0.303 e. The van der Waals surface area contributed by atoms with Crippen molar-refractivity contribution in [2.75, 3.05) is 5.32 Å². The molecule has 1 heterocycles. The van der Waals surface area contributed by atoms with Gasteiger partial charge in [0, 0.05) is 12.6 Å². The van der Waals surface area contributed by atoms with Gasteiger partial charge in [-0.05, 0) is 18.6 Å². The maximum Gasteiger partial charge on any atom is 0.303 e. The Morgan fingerprint density at radius 1 is 1.56 bits per heavy atom. The first-order valence-electron chi connectivity index (χ1n) is 4.78. The summed E-state index contributed by atoms with van der Waals surface area (Å²) in [5.74, 6) is -1.38. The van der Waals surface area contributed by atoms with E-state index in [1.54, 1.807) is 18.3 Å². The molecule has 0 aliphatic heterocycles. The second-order valence-corrected chi connectivity index (χ2v) is 3.27. The van der Waals surface area contributed by atoms with Gasteiger partial charge in [-0.15, -0.1) is 0 Å². The molecule has 6 heteroatoms. The fourth-order valence-corrected chi connectivity index (χ4v) is 1.08. The van der Waals surface area contributed by atoms with Gasteiger partial charge in [-0.1, -0.05) is 0 Å². The van der Waals surface area contributed by atoms with Crippen LogP contribution in [0, 0.1) is 0 Å². The molecule has 0 fully saturated rings. The lowest BCUT2D eigenvalue weighted by Crippen LogP contribution is -2.36. The minimum Gasteiger partial charge on any atom is -0.481 e. The molecule has 4 N–H and O–H groups in total. The average molecular weight is 223 g/mol. The Bertz CT molecular complexity index is 367. The van der Waals surface area contributed by atoms with E-state index in [9.17, 15) is 9.59 Å². The van der Waals surface area contributed by atoms with Gasteiger partial charge in [0.1, 0.15) is 0 Å². The van der Waals surface area contributed by atoms with E-state index < -0.39 is 17.9 Å². The van der Waals surface area contributed by atoms with Crippen molar-refractivity contribution in [3.05, 3.63) is 24.5 Å². The number of amides is 1. The number of carboxylic acids is 1. The summed E-state index contributed by atoms with van der Waals surface area (Å²) < 4.78 is 0. The monoisotopic (exact) mass is 223 g/mol. The van der Waals surface area contributed by atoms with Crippen LogP contribution in [0.25, 0.3) is 0 Å². The summed E-state index contributed by atoms with van der Waals surface area (Å²) in [4.78, 5) is 25.6. The van der Waals surface area contributed by atoms with E-state index in [1.807, 2.05) is 0 Å². The molecule has 0 aliphatic carbocycles. The summed E-state index contributed by atoms with van der Waals surface area (Å²) in [6, 6.07) is 2.53. The van der Waals surface area contributed by atoms with Gasteiger partial charge >= 0.3 is 5.97 Å². The number of aromatic nitrogens is 1. The third kappa shape index (κ3) is 4.05. The molecule has 0 aliphatic rings. The predicted molar refractivity (Wildman–Crippen MR) is 57.7 cm³/mol. The van der Waals surface area contributed by atoms with Crippen molar-refractivity contribution in [2.24, 2.45) is 5.73 Å². The summed E-state index contributed by atoms with van der Waals surface area (Å²) in [6.45, 7) is 0. The molecular weight excluding hydrogens is 210 g/mol. The zero-order valence-electron chi connectivity index (χ0n) is 8.59. The van der Waals surface area contributed by atoms with Crippen LogP contribution in [0.2, 0.25) is 0 Å². The number of anilines is 1. The quantitative estimate of drug-likeness (QED) is 0.661. The van der Waals surface area contributed by atoms with Gasteiger partial charge in [0.05, 0.1) is 17.9 Å². The van der Waals surface area contributed by atoms with Crippen LogP contribution in [0.1, 0.15) is 12.8 Å². The average Bonchev–Trinajstić information content (AvgIpc) is 2.27. The van der Waals surface area contributed by atoms with Gasteiger partial charge in [0.2, 0.25) is 5.91 Å². The first kappa shape index (κ1) is 12.1. The van der Waals surface area contributed by atoms with Crippen LogP contribution in [0.3, 0.4) is 0 Å². The fourth-order valence-electron chi connectivity index (χ4n) is 1.08. The molecule has 0 saturated carbocycles. The molecule has 6 nitrogen and oxygen atoms in total. The lowest BCUT2D eigenvalue weighted by Gasteiger charge is -2.10. The maximum absolute atomic E-state index is 11.5. The van der Waals surface area contributed by atoms with Crippen LogP contribution >= 0.6 is 0 Å². The SMILES string of the molecule is NC(CCC(=O)O)C(=O)Nc1cccnc1. The number of carbonyl (C=O) groups is 2. The van der Waals surface area contributed by atoms with E-state index >= 15 is 0 Å². The number of hydrogen-bond donors (Lipinski definition) is 3. The van der Waals surface area contributed by atoms with Crippen molar-refractivity contribution in [3.63, 3.8) is 0 Å². The van der Waals surface area contributed by atoms with Crippen molar-refractivity contribution in [1.82, 2.24) is 4.98 Å². The number of rotatable bonds is 5. The largest absolute Gasteiger partial charge is 0.481 e. The van der Waals surface area contributed by atoms with Crippen LogP contribution in [0.15, 0.2) is 24.5 Å². The Hall–Kier alpha value is -1.95. The van der Waals surface area contributed by atoms with Crippen molar-refractivity contribution in [2.45, 2.75) is 18.9 Å². The maximum atomic E-state index is 11.5. The second kappa shape index (κ2) is 5.82. The molecule has 0 aromatic carbocycles. The molecule has 0 bridgehead atoms. The Labute approximate surface area is 92.5 Å². The minimum atomic E-state index is -0.968. The number of nitrogens with zero attached hydrogens (tertiary/aromatic N) is 1. The Morgan fingerprint density at radius 3 is 2.88 bits per heavy atom. The summed E-state index contributed by atoms with van der Waals surface area (Å²) in [7, 11) is 0. The molecular formula is C10H13N3O3. The predicted octanol–water partition coefficient (Wildman–Crippen LogP) is 0.212. The minimum absolute atomic E-state index is 0.113. The first-order valence-corrected chi connectivity index (χ1v) is 4.78. The first-order chi connectivity index (χ1) is 7.59. The number of aliphatic carboxylic acids is 1. The molecule has 1 aromatic rings. The third-order valence-corrected chi connectivity index (χ3v) is 1.94. The van der Waals surface area contributed by atoms with Crippen LogP contribution in [-0.4, -0.2) is 28.0 Å². The fraction of sp³-hybridized carbons (Fsp3) is 0.300. The lowest BCUT2D eigenvalue weighted by atomic mass is 10.1. The third-order valence-electron chi connectivity index (χ3n) is 1.94. The Morgan fingerprint density at radius 2 is 2.31 bits per heavy atom. The molecule has 1 unspecified atom stereocenters. The van der Waals surface area contributed by atoms with E-state index in [0.717, 1.165) is 0 Å². The molecule has 0 radical (unpaired) electrons. The van der Waals surface area contributed by atoms with Crippen molar-refractivity contribution >= 4 is 17.6 Å². The normalized spacial score (nSPS) is 11.8. The van der Waals surface area contributed by atoms with E-state index in [0.29, 0.717) is 5.69 Å². The highest BCUT2D eigenvalue weighted by Gasteiger charge is 2.14. The van der Waals surface area contributed by atoms with Crippen molar-refractivity contribution < 1.29 is 14.7 Å². The summed E-state index contributed by atoms with van der Waals surface area (Å²) >= 11 is 0. The number of carboxylic acid groups (broad SMARTS) is 1. The van der Waals surface area contributed by atoms with Gasteiger partial charge in [-0.2, -0.15) is 0 Å². The van der Waals surface area contributed by atoms with E-state index in [1.165, 1.54) is 6.20 Å². The number of pyridine rings is 1. The topological polar surface area (TPSA) is 105 Å². The number of hydrogen-bond acceptors (Lipinski definition) is 4. The molecule has 0 spiro atoms. The molecule has 16 heavy (non-hydrogen) atoms. The molecule has 1 atom stereocenters. The number of nitrogens with one attached hydrogen (secondary N) is 1. The lowest BCUT2D eigenvalue weighted by molar-refractivity contribution is -0.137. The molecule has 1 aromatic heterocycles. The highest BCUT2D eigenvalue weighted by atomic mass is 16.4. The highest BCUT2D eigenvalue weighted by molar-refractivity contribution is 5.94. The standard InChI is InChI=1S/C10H13N3O3/c11-8(3-4-9(14)15)10(16)13-7-2-1-5-12-6-7/h1-2,5-6,8H,3-4,11H2,(H,13,16)(H,14,15). The van der Waals surface area contributed by atoms with Crippen molar-refractivity contribution in [3.8, 4) is 0 Å². The van der Waals surface area contributed by atoms with E-state index in [2.05, 4.69) is 10.3 Å². The van der Waals surface area contributed by atoms with Crippen molar-refractivity contribution in [1.29, 1.82) is 0 Å². The molecule has 1 rings (SSSR count). The number of nitrogens with two attached hydrogens (primary N) is 1. The van der Waals surface area contributed by atoms with Crippen LogP contribution in [0.4, 0.5) is 5.69 Å². The van der Waals surface area contributed by atoms with E-state index in [-0.39, 0.29) is 12.8 Å². The van der Waals surface area contributed by atoms with Crippen LogP contribution in [-0.2, 0) is 9.59 Å². The Kier molecular flexibility index (Phi) is 4.41. The molecule has 0 saturated heterocycles. The van der Waals surface area contributed by atoms with Crippen LogP contribution < -0.4 is 11.1 Å². The van der Waals surface area contributed by atoms with Gasteiger partial charge < -0.3 is 16.2 Å². The summed E-state index contributed by atoms with van der Waals surface area (Å²) in [6.07, 6.45) is 3.06. The van der Waals surface area contributed by atoms with Crippen LogP contribution in [0.5, 0.6) is 0 Å². The second-order valence-electron chi connectivity index (χ2n) is 3.27. The Balaban J connectivity index is 2.43. The van der Waals surface area contributed by atoms with Gasteiger partial charge in [0.15, 0.2) is 0 Å². The summed E-state index contributed by atoms with van der Waals surface area (Å²) in [5, 5.41) is 11.0. The number of carbonyl (C=O) groups excluding carboxylic acids is 1. The summed E-state index contributed by atoms with van der Waals surface area (Å²) in [5.41, 5.74) is 6.06. The molecule has 86 valence electrons. The zero-order chi connectivity index (χ0) is 12.0. The van der Waals surface area contributed by atoms with Gasteiger partial charge in [0.25, 0.3) is 0 Å². The van der Waals surface area contributed by atoms with Gasteiger partial charge in [-0.25, -0.2) is 0 Å². The molecule has 1 amide bonds. The highest BCUT2D eigenvalue weighted by Crippen LogP contribution is 2.04. The van der Waals surface area contributed by atoms with E-state index in [4.69, 9.17) is 10.8 Å². The zero-order valence-corrected chi connectivity index (χ0v) is 8.59.